The van der Waals surface area contributed by atoms with Crippen LogP contribution < -0.4 is 0 Å². The maximum atomic E-state index is 13.7. The van der Waals surface area contributed by atoms with Crippen LogP contribution in [0.3, 0.4) is 0 Å². The monoisotopic (exact) mass is 646 g/mol. The minimum atomic E-state index is -1.99. The average Bonchev–Trinajstić information content (AvgIpc) is 3.13. The van der Waals surface area contributed by atoms with Crippen molar-refractivity contribution in [3.63, 3.8) is 0 Å². The van der Waals surface area contributed by atoms with Gasteiger partial charge in [0.25, 0.3) is 0 Å². The summed E-state index contributed by atoms with van der Waals surface area (Å²) < 4.78 is 36.9. The van der Waals surface area contributed by atoms with E-state index in [0.29, 0.717) is 12.8 Å². The van der Waals surface area contributed by atoms with Crippen molar-refractivity contribution in [1.82, 2.24) is 0 Å². The first-order valence-corrected chi connectivity index (χ1v) is 15.9. The predicted molar refractivity (Wildman–Crippen MR) is 161 cm³/mol. The molecule has 8 unspecified atom stereocenters. The Kier molecular flexibility index (Phi) is 10.2. The lowest BCUT2D eigenvalue weighted by Crippen LogP contribution is -2.83. The van der Waals surface area contributed by atoms with Crippen molar-refractivity contribution < 1.29 is 57.5 Å². The smallest absolute Gasteiger partial charge is 0.338 e. The third-order valence-corrected chi connectivity index (χ3v) is 9.58. The Morgan fingerprint density at radius 1 is 0.848 bits per heavy atom. The molecule has 1 aromatic carbocycles. The van der Waals surface area contributed by atoms with E-state index in [-0.39, 0.29) is 31.2 Å². The van der Waals surface area contributed by atoms with Gasteiger partial charge < -0.3 is 33.5 Å². The van der Waals surface area contributed by atoms with Crippen molar-refractivity contribution >= 4 is 29.8 Å². The van der Waals surface area contributed by atoms with E-state index in [2.05, 4.69) is 0 Å². The van der Waals surface area contributed by atoms with Crippen LogP contribution in [0.2, 0.25) is 0 Å². The van der Waals surface area contributed by atoms with Crippen LogP contribution in [0.4, 0.5) is 0 Å². The zero-order valence-corrected chi connectivity index (χ0v) is 27.7. The number of benzene rings is 1. The first kappa shape index (κ1) is 35.3. The summed E-state index contributed by atoms with van der Waals surface area (Å²) in [6.07, 6.45) is -4.53. The summed E-state index contributed by atoms with van der Waals surface area (Å²) in [5, 5.41) is 12.6. The van der Waals surface area contributed by atoms with Crippen molar-refractivity contribution in [3.8, 4) is 0 Å². The van der Waals surface area contributed by atoms with Crippen molar-refractivity contribution in [2.45, 2.75) is 128 Å². The van der Waals surface area contributed by atoms with Crippen LogP contribution in [0, 0.1) is 11.3 Å². The molecular formula is C34H46O12. The standard InChI is InChI=1S/C34H46O12/c1-8-13-26(37)43-24-18-32(7,40)34-28(42-21(4)36)23(31(5,6)46-34)17-25(44-30(39)22-15-11-10-12-16-22)33(34,19-41-20(3)35)29(24)45-27(38)14-9-2/h10-12,15-16,23-25,28-29,40H,8-9,13-14,17-19H2,1-7H3. The zero-order chi connectivity index (χ0) is 34.1. The third-order valence-electron chi connectivity index (χ3n) is 9.58. The molecule has 12 heteroatoms. The fraction of sp³-hybridized carbons (Fsp3) is 0.676. The molecule has 0 radical (unpaired) electrons. The van der Waals surface area contributed by atoms with E-state index >= 15 is 0 Å². The van der Waals surface area contributed by atoms with Gasteiger partial charge in [0.1, 0.15) is 30.3 Å². The highest BCUT2D eigenvalue weighted by atomic mass is 16.6. The lowest BCUT2D eigenvalue weighted by atomic mass is 9.46. The van der Waals surface area contributed by atoms with E-state index in [1.807, 2.05) is 0 Å². The normalized spacial score (nSPS) is 34.0. The molecule has 3 fully saturated rings. The number of carbonyl (C=O) groups is 5. The number of esters is 5. The number of aliphatic hydroxyl groups is 1. The molecule has 2 saturated carbocycles. The van der Waals surface area contributed by atoms with Crippen molar-refractivity contribution in [2.24, 2.45) is 11.3 Å². The minimum Gasteiger partial charge on any atom is -0.465 e. The van der Waals surface area contributed by atoms with Crippen LogP contribution in [0.5, 0.6) is 0 Å². The molecule has 1 N–H and O–H groups in total. The van der Waals surface area contributed by atoms with E-state index in [4.69, 9.17) is 28.4 Å². The van der Waals surface area contributed by atoms with Gasteiger partial charge in [0.15, 0.2) is 11.7 Å². The van der Waals surface area contributed by atoms with Gasteiger partial charge in [-0.1, -0.05) is 32.0 Å². The summed E-state index contributed by atoms with van der Waals surface area (Å²) >= 11 is 0. The molecule has 254 valence electrons. The second-order valence-electron chi connectivity index (χ2n) is 13.3. The topological polar surface area (TPSA) is 161 Å². The largest absolute Gasteiger partial charge is 0.465 e. The summed E-state index contributed by atoms with van der Waals surface area (Å²) in [5.41, 5.74) is -6.78. The summed E-state index contributed by atoms with van der Waals surface area (Å²) in [7, 11) is 0. The lowest BCUT2D eigenvalue weighted by molar-refractivity contribution is -0.356. The second-order valence-corrected chi connectivity index (χ2v) is 13.3. The highest BCUT2D eigenvalue weighted by Crippen LogP contribution is 2.69. The van der Waals surface area contributed by atoms with E-state index < -0.39 is 89.0 Å². The van der Waals surface area contributed by atoms with Crippen LogP contribution in [0.1, 0.15) is 97.3 Å². The molecule has 1 aromatic rings. The number of fused-ring (bicyclic) bond motifs is 1. The summed E-state index contributed by atoms with van der Waals surface area (Å²) in [6.45, 7) is 10.4. The molecule has 0 aromatic heterocycles. The summed E-state index contributed by atoms with van der Waals surface area (Å²) in [5.74, 6) is -4.00. The minimum absolute atomic E-state index is 0.0000691. The second kappa shape index (κ2) is 13.3. The molecule has 1 aliphatic heterocycles. The molecule has 2 bridgehead atoms. The SMILES string of the molecule is CCCC(=O)OC1CC(C)(O)C23OC(C)(C)C(CC(OC(=O)c4ccccc4)C2(COC(C)=O)C1OC(=O)CCC)C3OC(C)=O. The van der Waals surface area contributed by atoms with Gasteiger partial charge >= 0.3 is 29.8 Å². The number of ether oxygens (including phenoxy) is 6. The number of rotatable bonds is 11. The van der Waals surface area contributed by atoms with Crippen LogP contribution in [0.25, 0.3) is 0 Å². The Hall–Kier alpha value is -3.51. The Bertz CT molecular complexity index is 1320. The van der Waals surface area contributed by atoms with Gasteiger partial charge in [-0.25, -0.2) is 4.79 Å². The molecule has 1 heterocycles. The van der Waals surface area contributed by atoms with Gasteiger partial charge in [-0.05, 0) is 52.2 Å². The van der Waals surface area contributed by atoms with Gasteiger partial charge in [0.2, 0.25) is 0 Å². The van der Waals surface area contributed by atoms with E-state index in [1.54, 1.807) is 58.0 Å². The van der Waals surface area contributed by atoms with E-state index in [1.165, 1.54) is 20.8 Å². The van der Waals surface area contributed by atoms with Gasteiger partial charge in [-0.15, -0.1) is 0 Å². The summed E-state index contributed by atoms with van der Waals surface area (Å²) in [4.78, 5) is 65.3. The van der Waals surface area contributed by atoms with Crippen molar-refractivity contribution in [2.75, 3.05) is 6.61 Å². The predicted octanol–water partition coefficient (Wildman–Crippen LogP) is 3.84. The van der Waals surface area contributed by atoms with Gasteiger partial charge in [-0.2, -0.15) is 0 Å². The lowest BCUT2D eigenvalue weighted by Gasteiger charge is -2.65. The zero-order valence-electron chi connectivity index (χ0n) is 27.7. The van der Waals surface area contributed by atoms with Gasteiger partial charge in [0.05, 0.1) is 16.8 Å². The Balaban J connectivity index is 2.05. The van der Waals surface area contributed by atoms with Crippen molar-refractivity contribution in [1.29, 1.82) is 0 Å². The highest BCUT2D eigenvalue weighted by molar-refractivity contribution is 5.89. The number of carbonyl (C=O) groups excluding carboxylic acids is 5. The van der Waals surface area contributed by atoms with Gasteiger partial charge in [0, 0.05) is 39.0 Å². The van der Waals surface area contributed by atoms with E-state index in [0.717, 1.165) is 0 Å². The van der Waals surface area contributed by atoms with Gasteiger partial charge in [-0.3, -0.25) is 19.2 Å². The molecular weight excluding hydrogens is 600 g/mol. The molecule has 12 nitrogen and oxygen atoms in total. The average molecular weight is 647 g/mol. The summed E-state index contributed by atoms with van der Waals surface area (Å²) in [6, 6.07) is 8.23. The van der Waals surface area contributed by atoms with Crippen molar-refractivity contribution in [3.05, 3.63) is 35.9 Å². The molecule has 1 saturated heterocycles. The Morgan fingerprint density at radius 3 is 2.02 bits per heavy atom. The molecule has 1 spiro atoms. The Labute approximate surface area is 269 Å². The third kappa shape index (κ3) is 6.13. The number of hydrogen-bond donors (Lipinski definition) is 1. The maximum Gasteiger partial charge on any atom is 0.338 e. The molecule has 3 aliphatic rings. The molecule has 2 aliphatic carbocycles. The van der Waals surface area contributed by atoms with E-state index in [9.17, 15) is 29.1 Å². The van der Waals surface area contributed by atoms with Crippen LogP contribution in [0.15, 0.2) is 30.3 Å². The van der Waals surface area contributed by atoms with Crippen LogP contribution >= 0.6 is 0 Å². The fourth-order valence-corrected chi connectivity index (χ4v) is 7.83. The molecule has 8 atom stereocenters. The fourth-order valence-electron chi connectivity index (χ4n) is 7.83. The number of hydrogen-bond acceptors (Lipinski definition) is 12. The first-order chi connectivity index (χ1) is 21.6. The highest BCUT2D eigenvalue weighted by Gasteiger charge is 2.86. The quantitative estimate of drug-likeness (QED) is 0.274. The molecule has 46 heavy (non-hydrogen) atoms. The molecule has 4 rings (SSSR count). The first-order valence-electron chi connectivity index (χ1n) is 15.9. The Morgan fingerprint density at radius 2 is 1.46 bits per heavy atom. The maximum absolute atomic E-state index is 13.7. The van der Waals surface area contributed by atoms with Crippen LogP contribution in [-0.2, 0) is 47.6 Å². The van der Waals surface area contributed by atoms with Crippen LogP contribution in [-0.4, -0.2) is 82.8 Å². The molecule has 0 amide bonds.